The largest absolute Gasteiger partial charge is 0.298 e. The molecule has 1 unspecified atom stereocenters. The van der Waals surface area contributed by atoms with Crippen LogP contribution in [-0.2, 0) is 4.79 Å². The lowest BCUT2D eigenvalue weighted by Crippen LogP contribution is -2.14. The SMILES string of the molecule is CCC(C)SCC(=O)C1CCCC1. The Hall–Kier alpha value is 0.0200. The van der Waals surface area contributed by atoms with Gasteiger partial charge in [-0.15, -0.1) is 0 Å². The molecule has 1 nitrogen and oxygen atoms in total. The predicted molar refractivity (Wildman–Crippen MR) is 59.2 cm³/mol. The Kier molecular flexibility index (Phi) is 4.86. The van der Waals surface area contributed by atoms with E-state index in [9.17, 15) is 4.79 Å². The molecule has 0 spiro atoms. The number of ketones is 1. The zero-order valence-electron chi connectivity index (χ0n) is 8.71. The zero-order chi connectivity index (χ0) is 9.68. The first kappa shape index (κ1) is 11.1. The van der Waals surface area contributed by atoms with Crippen molar-refractivity contribution in [2.75, 3.05) is 5.75 Å². The fourth-order valence-corrected chi connectivity index (χ4v) is 2.63. The zero-order valence-corrected chi connectivity index (χ0v) is 9.53. The number of rotatable bonds is 5. The van der Waals surface area contributed by atoms with E-state index < -0.39 is 0 Å². The van der Waals surface area contributed by atoms with Gasteiger partial charge in [0.05, 0.1) is 5.75 Å². The second-order valence-corrected chi connectivity index (χ2v) is 5.40. The first-order chi connectivity index (χ1) is 6.24. The van der Waals surface area contributed by atoms with Gasteiger partial charge >= 0.3 is 0 Å². The van der Waals surface area contributed by atoms with Gasteiger partial charge in [0.25, 0.3) is 0 Å². The average molecular weight is 200 g/mol. The molecule has 0 aromatic rings. The molecule has 0 radical (unpaired) electrons. The summed E-state index contributed by atoms with van der Waals surface area (Å²) in [5.41, 5.74) is 0. The van der Waals surface area contributed by atoms with Crippen LogP contribution in [0.5, 0.6) is 0 Å². The summed E-state index contributed by atoms with van der Waals surface area (Å²) in [6.07, 6.45) is 6.01. The maximum absolute atomic E-state index is 11.6. The summed E-state index contributed by atoms with van der Waals surface area (Å²) >= 11 is 1.82. The van der Waals surface area contributed by atoms with Crippen molar-refractivity contribution in [2.24, 2.45) is 5.92 Å². The molecular weight excluding hydrogens is 180 g/mol. The van der Waals surface area contributed by atoms with Crippen LogP contribution < -0.4 is 0 Å². The molecular formula is C11H20OS. The molecule has 0 saturated heterocycles. The molecule has 0 N–H and O–H groups in total. The Balaban J connectivity index is 2.16. The fraction of sp³-hybridized carbons (Fsp3) is 0.909. The lowest BCUT2D eigenvalue weighted by molar-refractivity contribution is -0.120. The molecule has 0 aromatic carbocycles. The van der Waals surface area contributed by atoms with E-state index in [1.54, 1.807) is 0 Å². The highest BCUT2D eigenvalue weighted by atomic mass is 32.2. The summed E-state index contributed by atoms with van der Waals surface area (Å²) in [6, 6.07) is 0. The van der Waals surface area contributed by atoms with Crippen molar-refractivity contribution >= 4 is 17.5 Å². The topological polar surface area (TPSA) is 17.1 Å². The van der Waals surface area contributed by atoms with E-state index in [0.29, 0.717) is 17.0 Å². The molecule has 1 saturated carbocycles. The Morgan fingerprint density at radius 1 is 1.46 bits per heavy atom. The van der Waals surface area contributed by atoms with Crippen LogP contribution in [0.2, 0.25) is 0 Å². The first-order valence-electron chi connectivity index (χ1n) is 5.38. The van der Waals surface area contributed by atoms with E-state index in [2.05, 4.69) is 13.8 Å². The fourth-order valence-electron chi connectivity index (χ4n) is 1.71. The highest BCUT2D eigenvalue weighted by molar-refractivity contribution is 8.00. The third-order valence-electron chi connectivity index (χ3n) is 2.90. The summed E-state index contributed by atoms with van der Waals surface area (Å²) < 4.78 is 0. The van der Waals surface area contributed by atoms with E-state index in [-0.39, 0.29) is 0 Å². The molecule has 0 amide bonds. The highest BCUT2D eigenvalue weighted by Crippen LogP contribution is 2.27. The molecule has 1 atom stereocenters. The second-order valence-electron chi connectivity index (χ2n) is 3.98. The van der Waals surface area contributed by atoms with Crippen molar-refractivity contribution < 1.29 is 4.79 Å². The van der Waals surface area contributed by atoms with Crippen LogP contribution in [0.25, 0.3) is 0 Å². The minimum atomic E-state index is 0.413. The van der Waals surface area contributed by atoms with E-state index in [1.165, 1.54) is 19.3 Å². The van der Waals surface area contributed by atoms with E-state index >= 15 is 0 Å². The predicted octanol–water partition coefficient (Wildman–Crippen LogP) is 3.28. The molecule has 13 heavy (non-hydrogen) atoms. The smallest absolute Gasteiger partial charge is 0.145 e. The van der Waals surface area contributed by atoms with Crippen LogP contribution in [0, 0.1) is 5.92 Å². The van der Waals surface area contributed by atoms with Gasteiger partial charge in [0.2, 0.25) is 0 Å². The number of hydrogen-bond acceptors (Lipinski definition) is 2. The third-order valence-corrected chi connectivity index (χ3v) is 4.25. The van der Waals surface area contributed by atoms with E-state index in [1.807, 2.05) is 11.8 Å². The van der Waals surface area contributed by atoms with Gasteiger partial charge in [0.1, 0.15) is 5.78 Å². The molecule has 1 aliphatic carbocycles. The Morgan fingerprint density at radius 2 is 2.08 bits per heavy atom. The number of Topliss-reactive ketones (excluding diaryl/α,β-unsaturated/α-hetero) is 1. The summed E-state index contributed by atoms with van der Waals surface area (Å²) in [6.45, 7) is 4.38. The highest BCUT2D eigenvalue weighted by Gasteiger charge is 2.22. The maximum atomic E-state index is 11.6. The van der Waals surface area contributed by atoms with Gasteiger partial charge in [-0.2, -0.15) is 11.8 Å². The summed E-state index contributed by atoms with van der Waals surface area (Å²) in [7, 11) is 0. The van der Waals surface area contributed by atoms with Gasteiger partial charge in [0, 0.05) is 11.2 Å². The first-order valence-corrected chi connectivity index (χ1v) is 6.43. The monoisotopic (exact) mass is 200 g/mol. The molecule has 1 fully saturated rings. The van der Waals surface area contributed by atoms with Crippen molar-refractivity contribution in [3.8, 4) is 0 Å². The van der Waals surface area contributed by atoms with Gasteiger partial charge in [-0.3, -0.25) is 4.79 Å². The number of carbonyl (C=O) groups excluding carboxylic acids is 1. The van der Waals surface area contributed by atoms with Gasteiger partial charge in [-0.25, -0.2) is 0 Å². The molecule has 1 aliphatic rings. The Morgan fingerprint density at radius 3 is 2.62 bits per heavy atom. The molecule has 0 aromatic heterocycles. The number of hydrogen-bond donors (Lipinski definition) is 0. The summed E-state index contributed by atoms with van der Waals surface area (Å²) in [5.74, 6) is 1.67. The quantitative estimate of drug-likeness (QED) is 0.677. The van der Waals surface area contributed by atoms with Crippen LogP contribution in [0.1, 0.15) is 46.0 Å². The van der Waals surface area contributed by atoms with Crippen molar-refractivity contribution in [2.45, 2.75) is 51.2 Å². The Labute approximate surface area is 85.7 Å². The number of carbonyl (C=O) groups is 1. The minimum absolute atomic E-state index is 0.413. The average Bonchev–Trinajstić information content (AvgIpc) is 2.66. The summed E-state index contributed by atoms with van der Waals surface area (Å²) in [5, 5.41) is 0.644. The maximum Gasteiger partial charge on any atom is 0.145 e. The van der Waals surface area contributed by atoms with Gasteiger partial charge in [-0.05, 0) is 19.3 Å². The third kappa shape index (κ3) is 3.72. The number of thioether (sulfide) groups is 1. The lowest BCUT2D eigenvalue weighted by Gasteiger charge is -2.10. The van der Waals surface area contributed by atoms with Crippen molar-refractivity contribution in [3.05, 3.63) is 0 Å². The second kappa shape index (κ2) is 5.69. The van der Waals surface area contributed by atoms with Crippen LogP contribution in [-0.4, -0.2) is 16.8 Å². The standard InChI is InChI=1S/C11H20OS/c1-3-9(2)13-8-11(12)10-6-4-5-7-10/h9-10H,3-8H2,1-2H3. The molecule has 0 bridgehead atoms. The van der Waals surface area contributed by atoms with Crippen LogP contribution in [0.4, 0.5) is 0 Å². The van der Waals surface area contributed by atoms with Crippen molar-refractivity contribution in [3.63, 3.8) is 0 Å². The van der Waals surface area contributed by atoms with E-state index in [4.69, 9.17) is 0 Å². The molecule has 1 rings (SSSR count). The van der Waals surface area contributed by atoms with Gasteiger partial charge in [-0.1, -0.05) is 26.7 Å². The molecule has 0 heterocycles. The lowest BCUT2D eigenvalue weighted by atomic mass is 10.0. The summed E-state index contributed by atoms with van der Waals surface area (Å²) in [4.78, 5) is 11.6. The normalized spacial score (nSPS) is 20.5. The van der Waals surface area contributed by atoms with Gasteiger partial charge < -0.3 is 0 Å². The molecule has 76 valence electrons. The van der Waals surface area contributed by atoms with Crippen molar-refractivity contribution in [1.82, 2.24) is 0 Å². The van der Waals surface area contributed by atoms with Crippen LogP contribution in [0.3, 0.4) is 0 Å². The van der Waals surface area contributed by atoms with Gasteiger partial charge in [0.15, 0.2) is 0 Å². The minimum Gasteiger partial charge on any atom is -0.298 e. The van der Waals surface area contributed by atoms with Crippen LogP contribution in [0.15, 0.2) is 0 Å². The molecule has 0 aliphatic heterocycles. The van der Waals surface area contributed by atoms with E-state index in [0.717, 1.165) is 18.6 Å². The van der Waals surface area contributed by atoms with Crippen LogP contribution >= 0.6 is 11.8 Å². The Bertz CT molecular complexity index is 161. The van der Waals surface area contributed by atoms with Crippen molar-refractivity contribution in [1.29, 1.82) is 0 Å². The molecule has 2 heteroatoms.